The Balaban J connectivity index is 1.12. The third kappa shape index (κ3) is 4.55. The van der Waals surface area contributed by atoms with Gasteiger partial charge in [0.15, 0.2) is 5.82 Å². The average Bonchev–Trinajstić information content (AvgIpc) is 3.59. The van der Waals surface area contributed by atoms with Crippen molar-refractivity contribution in [3.05, 3.63) is 41.7 Å². The van der Waals surface area contributed by atoms with Gasteiger partial charge in [-0.1, -0.05) is 23.4 Å². The van der Waals surface area contributed by atoms with Gasteiger partial charge in [0.25, 0.3) is 0 Å². The van der Waals surface area contributed by atoms with Crippen molar-refractivity contribution in [2.45, 2.75) is 57.3 Å². The molecule has 33 heavy (non-hydrogen) atoms. The van der Waals surface area contributed by atoms with Crippen LogP contribution in [0.4, 0.5) is 0 Å². The predicted octanol–water partition coefficient (Wildman–Crippen LogP) is 3.45. The van der Waals surface area contributed by atoms with E-state index < -0.39 is 0 Å². The van der Waals surface area contributed by atoms with E-state index in [9.17, 15) is 9.59 Å². The molecule has 1 amide bonds. The first-order chi connectivity index (χ1) is 16.1. The Morgan fingerprint density at radius 3 is 2.70 bits per heavy atom. The summed E-state index contributed by atoms with van der Waals surface area (Å²) in [5.74, 6) is 1.74. The summed E-state index contributed by atoms with van der Waals surface area (Å²) in [7, 11) is 0. The maximum atomic E-state index is 12.7. The van der Waals surface area contributed by atoms with Crippen LogP contribution in [0, 0.1) is 6.92 Å². The number of amides is 1. The number of benzene rings is 1. The van der Waals surface area contributed by atoms with Crippen molar-refractivity contribution in [3.8, 4) is 0 Å². The van der Waals surface area contributed by atoms with Crippen molar-refractivity contribution in [2.24, 2.45) is 0 Å². The highest BCUT2D eigenvalue weighted by Crippen LogP contribution is 2.30. The van der Waals surface area contributed by atoms with E-state index in [2.05, 4.69) is 15.2 Å². The topological polar surface area (TPSA) is 103 Å². The quantitative estimate of drug-likeness (QED) is 0.565. The monoisotopic (exact) mass is 451 g/mol. The third-order valence-corrected chi connectivity index (χ3v) is 6.72. The van der Waals surface area contributed by atoms with Gasteiger partial charge in [-0.25, -0.2) is 0 Å². The Labute approximate surface area is 192 Å². The zero-order valence-corrected chi connectivity index (χ0v) is 18.9. The fourth-order valence-corrected chi connectivity index (χ4v) is 4.79. The molecule has 2 aliphatic heterocycles. The predicted molar refractivity (Wildman–Crippen MR) is 120 cm³/mol. The Kier molecular flexibility index (Phi) is 6.22. The van der Waals surface area contributed by atoms with Crippen LogP contribution in [0.15, 0.2) is 28.8 Å². The van der Waals surface area contributed by atoms with Gasteiger partial charge in [-0.05, 0) is 38.7 Å². The number of nitrogens with zero attached hydrogens (tertiary/aromatic N) is 5. The minimum atomic E-state index is -0.0853. The molecule has 1 atom stereocenters. The molecule has 9 nitrogen and oxygen atoms in total. The highest BCUT2D eigenvalue weighted by molar-refractivity contribution is 5.92. The minimum Gasteiger partial charge on any atom is -0.381 e. The molecule has 2 fully saturated rings. The molecule has 9 heteroatoms. The molecule has 2 aromatic heterocycles. The number of carbonyl (C=O) groups is 2. The third-order valence-electron chi connectivity index (χ3n) is 6.72. The largest absolute Gasteiger partial charge is 0.381 e. The van der Waals surface area contributed by atoms with E-state index in [1.54, 1.807) is 0 Å². The highest BCUT2D eigenvalue weighted by Gasteiger charge is 2.32. The first kappa shape index (κ1) is 21.8. The number of likely N-dealkylation sites (tertiary alicyclic amines) is 1. The maximum absolute atomic E-state index is 12.7. The highest BCUT2D eigenvalue weighted by atomic mass is 16.5. The van der Waals surface area contributed by atoms with Crippen LogP contribution in [0.25, 0.3) is 10.9 Å². The molecule has 0 spiro atoms. The number of hydrogen-bond acceptors (Lipinski definition) is 7. The summed E-state index contributed by atoms with van der Waals surface area (Å²) in [6, 6.07) is 7.70. The van der Waals surface area contributed by atoms with E-state index in [1.807, 2.05) is 36.1 Å². The smallest absolute Gasteiger partial charge is 0.247 e. The number of fused-ring (bicyclic) bond motifs is 1. The van der Waals surface area contributed by atoms with Crippen molar-refractivity contribution >= 4 is 22.7 Å². The maximum Gasteiger partial charge on any atom is 0.247 e. The second kappa shape index (κ2) is 9.43. The number of carbonyl (C=O) groups excluding carboxylic acids is 2. The number of aryl methyl sites for hydroxylation is 1. The van der Waals surface area contributed by atoms with Gasteiger partial charge in [0.2, 0.25) is 17.7 Å². The zero-order valence-electron chi connectivity index (χ0n) is 18.9. The Morgan fingerprint density at radius 1 is 1.06 bits per heavy atom. The molecule has 0 radical (unpaired) electrons. The van der Waals surface area contributed by atoms with Crippen LogP contribution in [0.5, 0.6) is 0 Å². The molecule has 4 heterocycles. The van der Waals surface area contributed by atoms with Gasteiger partial charge in [0.1, 0.15) is 0 Å². The lowest BCUT2D eigenvalue weighted by atomic mass is 10.00. The van der Waals surface area contributed by atoms with E-state index in [4.69, 9.17) is 9.26 Å². The van der Waals surface area contributed by atoms with E-state index in [0.29, 0.717) is 37.7 Å². The van der Waals surface area contributed by atoms with Gasteiger partial charge in [-0.3, -0.25) is 9.59 Å². The van der Waals surface area contributed by atoms with Crippen LogP contribution in [0.3, 0.4) is 0 Å². The van der Waals surface area contributed by atoms with Crippen molar-refractivity contribution < 1.29 is 18.8 Å². The van der Waals surface area contributed by atoms with Crippen LogP contribution in [0.1, 0.15) is 72.6 Å². The number of rotatable bonds is 6. The van der Waals surface area contributed by atoms with Crippen LogP contribution < -0.4 is 0 Å². The summed E-state index contributed by atoms with van der Waals surface area (Å²) in [5.41, 5.74) is 1.65. The average molecular weight is 452 g/mol. The Hall–Kier alpha value is -3.07. The Morgan fingerprint density at radius 2 is 1.85 bits per heavy atom. The summed E-state index contributed by atoms with van der Waals surface area (Å²) in [5, 5.41) is 9.55. The summed E-state index contributed by atoms with van der Waals surface area (Å²) in [6.07, 6.45) is 3.78. The van der Waals surface area contributed by atoms with Crippen LogP contribution >= 0.6 is 0 Å². The number of hydrogen-bond donors (Lipinski definition) is 0. The van der Waals surface area contributed by atoms with Crippen LogP contribution in [-0.2, 0) is 9.53 Å². The van der Waals surface area contributed by atoms with Crippen molar-refractivity contribution in [1.82, 2.24) is 24.8 Å². The first-order valence-corrected chi connectivity index (χ1v) is 11.8. The minimum absolute atomic E-state index is 0.0657. The second-order valence-corrected chi connectivity index (χ2v) is 8.96. The van der Waals surface area contributed by atoms with Crippen molar-refractivity contribution in [2.75, 3.05) is 26.3 Å². The normalized spacial score (nSPS) is 19.4. The number of ether oxygens (including phenoxy) is 1. The molecule has 2 saturated heterocycles. The van der Waals surface area contributed by atoms with E-state index in [0.717, 1.165) is 54.9 Å². The van der Waals surface area contributed by atoms with Gasteiger partial charge in [0.05, 0.1) is 17.1 Å². The fraction of sp³-hybridized carbons (Fsp3) is 0.542. The Bertz CT molecular complexity index is 1150. The number of aromatic nitrogens is 4. The molecule has 1 aromatic carbocycles. The van der Waals surface area contributed by atoms with Gasteiger partial charge in [-0.15, -0.1) is 0 Å². The summed E-state index contributed by atoms with van der Waals surface area (Å²) in [4.78, 5) is 31.9. The molecule has 0 saturated carbocycles. The fourth-order valence-electron chi connectivity index (χ4n) is 4.79. The lowest BCUT2D eigenvalue weighted by Gasteiger charge is -2.18. The van der Waals surface area contributed by atoms with E-state index >= 15 is 0 Å². The molecule has 174 valence electrons. The molecular formula is C24H29N5O4. The van der Waals surface area contributed by atoms with Gasteiger partial charge < -0.3 is 14.2 Å². The van der Waals surface area contributed by atoms with Gasteiger partial charge in [-0.2, -0.15) is 14.8 Å². The number of para-hydroxylation sites is 1. The molecule has 0 N–H and O–H groups in total. The van der Waals surface area contributed by atoms with E-state index in [-0.39, 0.29) is 24.2 Å². The molecule has 2 aliphatic rings. The molecule has 1 unspecified atom stereocenters. The van der Waals surface area contributed by atoms with E-state index in [1.165, 1.54) is 4.68 Å². The molecule has 0 bridgehead atoms. The van der Waals surface area contributed by atoms with Crippen molar-refractivity contribution in [1.29, 1.82) is 0 Å². The zero-order chi connectivity index (χ0) is 22.8. The summed E-state index contributed by atoms with van der Waals surface area (Å²) in [6.45, 7) is 4.63. The molecule has 3 aromatic rings. The SMILES string of the molecule is Cc1nn(C(=O)CCCC(=O)N2CCC(c3nc(C4CCOCC4)no3)C2)c2ccccc12. The first-order valence-electron chi connectivity index (χ1n) is 11.8. The second-order valence-electron chi connectivity index (χ2n) is 8.96. The van der Waals surface area contributed by atoms with Gasteiger partial charge in [0, 0.05) is 50.4 Å². The van der Waals surface area contributed by atoms with Crippen LogP contribution in [-0.4, -0.2) is 62.9 Å². The lowest BCUT2D eigenvalue weighted by molar-refractivity contribution is -0.130. The van der Waals surface area contributed by atoms with Gasteiger partial charge >= 0.3 is 0 Å². The summed E-state index contributed by atoms with van der Waals surface area (Å²) >= 11 is 0. The molecular weight excluding hydrogens is 422 g/mol. The molecule has 0 aliphatic carbocycles. The standard InChI is InChI=1S/C24H29N5O4/c1-16-19-5-2-3-6-20(19)29(26-16)22(31)8-4-7-21(30)28-12-9-18(15-28)24-25-23(27-33-24)17-10-13-32-14-11-17/h2-3,5-6,17-18H,4,7-15H2,1H3. The summed E-state index contributed by atoms with van der Waals surface area (Å²) < 4.78 is 12.4. The lowest BCUT2D eigenvalue weighted by Crippen LogP contribution is -2.28. The van der Waals surface area contributed by atoms with Crippen LogP contribution in [0.2, 0.25) is 0 Å². The van der Waals surface area contributed by atoms with Crippen molar-refractivity contribution in [3.63, 3.8) is 0 Å². The molecule has 5 rings (SSSR count).